The van der Waals surface area contributed by atoms with E-state index in [1.807, 2.05) is 0 Å². The predicted molar refractivity (Wildman–Crippen MR) is 62.8 cm³/mol. The molecule has 1 aromatic rings. The molecule has 0 radical (unpaired) electrons. The minimum Gasteiger partial charge on any atom is -0.131 e. The van der Waals surface area contributed by atoms with Crippen molar-refractivity contribution in [3.63, 3.8) is 0 Å². The average molecular weight is 275 g/mol. The van der Waals surface area contributed by atoms with E-state index in [4.69, 9.17) is 23.2 Å². The van der Waals surface area contributed by atoms with E-state index in [0.29, 0.717) is 11.8 Å². The largest absolute Gasteiger partial charge is 0.175 e. The van der Waals surface area contributed by atoms with Crippen molar-refractivity contribution in [2.24, 2.45) is 0 Å². The second-order valence-electron chi connectivity index (χ2n) is 1.91. The summed E-state index contributed by atoms with van der Waals surface area (Å²) in [5.74, 6) is 3.07. The Morgan fingerprint density at radius 1 is 1.00 bits per heavy atom. The summed E-state index contributed by atoms with van der Waals surface area (Å²) >= 11 is 16.0. The smallest absolute Gasteiger partial charge is 0.131 e. The third-order valence-corrected chi connectivity index (χ3v) is 5.01. The summed E-state index contributed by atoms with van der Waals surface area (Å²) in [6.45, 7) is 0. The summed E-state index contributed by atoms with van der Waals surface area (Å²) in [5.41, 5.74) is 0. The zero-order valence-electron chi connectivity index (χ0n) is 6.70. The highest BCUT2D eigenvalue weighted by molar-refractivity contribution is 8.03. The van der Waals surface area contributed by atoms with E-state index in [0.717, 1.165) is 20.2 Å². The van der Waals surface area contributed by atoms with Crippen LogP contribution in [0.25, 0.3) is 0 Å². The van der Waals surface area contributed by atoms with Crippen LogP contribution in [0.2, 0.25) is 0 Å². The van der Waals surface area contributed by atoms with Crippen LogP contribution in [0.1, 0.15) is 0 Å². The van der Waals surface area contributed by atoms with Gasteiger partial charge >= 0.3 is 0 Å². The quantitative estimate of drug-likeness (QED) is 0.588. The van der Waals surface area contributed by atoms with Crippen LogP contribution in [-0.2, 0) is 0 Å². The van der Waals surface area contributed by atoms with E-state index in [2.05, 4.69) is 10.2 Å². The van der Waals surface area contributed by atoms with Crippen LogP contribution in [-0.4, -0.2) is 33.5 Å². The van der Waals surface area contributed by atoms with Gasteiger partial charge in [-0.2, -0.15) is 0 Å². The molecule has 1 heterocycles. The molecule has 7 heteroatoms. The summed E-state index contributed by atoms with van der Waals surface area (Å²) in [6.07, 6.45) is 0. The zero-order chi connectivity index (χ0) is 9.52. The van der Waals surface area contributed by atoms with Crippen LogP contribution in [0.4, 0.5) is 0 Å². The van der Waals surface area contributed by atoms with Crippen molar-refractivity contribution in [3.8, 4) is 0 Å². The van der Waals surface area contributed by atoms with Crippen LogP contribution >= 0.6 is 58.1 Å². The van der Waals surface area contributed by atoms with Crippen LogP contribution in [0.3, 0.4) is 0 Å². The first kappa shape index (κ1) is 11.9. The zero-order valence-corrected chi connectivity index (χ0v) is 10.7. The monoisotopic (exact) mass is 274 g/mol. The first-order chi connectivity index (χ1) is 6.36. The lowest BCUT2D eigenvalue weighted by molar-refractivity contribution is 0.955. The lowest BCUT2D eigenvalue weighted by atomic mass is 11.0. The van der Waals surface area contributed by atoms with Crippen molar-refractivity contribution >= 4 is 58.1 Å². The number of aromatic nitrogens is 2. The minimum atomic E-state index is 0.647. The lowest BCUT2D eigenvalue weighted by Gasteiger charge is -1.89. The maximum absolute atomic E-state index is 5.55. The molecule has 0 amide bonds. The van der Waals surface area contributed by atoms with Gasteiger partial charge in [-0.25, -0.2) is 0 Å². The highest BCUT2D eigenvalue weighted by Gasteiger charge is 2.03. The molecule has 0 spiro atoms. The van der Waals surface area contributed by atoms with Gasteiger partial charge < -0.3 is 0 Å². The molecule has 0 fully saturated rings. The Morgan fingerprint density at radius 2 is 1.46 bits per heavy atom. The van der Waals surface area contributed by atoms with Crippen molar-refractivity contribution in [2.75, 3.05) is 23.3 Å². The molecule has 0 aromatic carbocycles. The van der Waals surface area contributed by atoms with E-state index in [1.54, 1.807) is 34.9 Å². The summed E-state index contributed by atoms with van der Waals surface area (Å²) in [5, 5.41) is 8.03. The number of thioether (sulfide) groups is 2. The Bertz CT molecular complexity index is 221. The Morgan fingerprint density at radius 3 is 1.85 bits per heavy atom. The van der Waals surface area contributed by atoms with Gasteiger partial charge in [-0.1, -0.05) is 34.9 Å². The van der Waals surface area contributed by atoms with E-state index in [-0.39, 0.29) is 0 Å². The molecule has 2 nitrogen and oxygen atoms in total. The fourth-order valence-electron chi connectivity index (χ4n) is 0.566. The molecular weight excluding hydrogens is 267 g/mol. The number of alkyl halides is 2. The summed E-state index contributed by atoms with van der Waals surface area (Å²) in [7, 11) is 0. The highest BCUT2D eigenvalue weighted by Crippen LogP contribution is 2.28. The maximum Gasteiger partial charge on any atom is 0.175 e. The SMILES string of the molecule is ClCCSc1nnc(SCCCl)s1. The molecule has 13 heavy (non-hydrogen) atoms. The Labute approximate surface area is 99.8 Å². The minimum absolute atomic E-state index is 0.647. The van der Waals surface area contributed by atoms with Gasteiger partial charge in [0.15, 0.2) is 8.68 Å². The standard InChI is InChI=1S/C6H8Cl2N2S3/c7-1-3-11-5-9-10-6(13-5)12-4-2-8/h1-4H2. The Balaban J connectivity index is 2.34. The number of hydrogen-bond donors (Lipinski definition) is 0. The maximum atomic E-state index is 5.55. The molecule has 0 unspecified atom stereocenters. The summed E-state index contributed by atoms with van der Waals surface area (Å²) in [4.78, 5) is 0. The molecule has 1 aromatic heterocycles. The molecular formula is C6H8Cl2N2S3. The fourth-order valence-corrected chi connectivity index (χ4v) is 3.65. The van der Waals surface area contributed by atoms with Gasteiger partial charge in [0.05, 0.1) is 0 Å². The van der Waals surface area contributed by atoms with E-state index < -0.39 is 0 Å². The number of hydrogen-bond acceptors (Lipinski definition) is 5. The topological polar surface area (TPSA) is 25.8 Å². The van der Waals surface area contributed by atoms with Gasteiger partial charge in [-0.3, -0.25) is 0 Å². The number of halogens is 2. The van der Waals surface area contributed by atoms with Crippen LogP contribution in [0.5, 0.6) is 0 Å². The van der Waals surface area contributed by atoms with E-state index in [1.165, 1.54) is 0 Å². The van der Waals surface area contributed by atoms with Gasteiger partial charge in [-0.15, -0.1) is 33.4 Å². The molecule has 74 valence electrons. The third kappa shape index (κ3) is 4.74. The number of nitrogens with zero attached hydrogens (tertiary/aromatic N) is 2. The first-order valence-corrected chi connectivity index (χ1v) is 7.43. The Hall–Kier alpha value is 0.840. The van der Waals surface area contributed by atoms with Crippen molar-refractivity contribution in [2.45, 2.75) is 8.68 Å². The normalized spacial score (nSPS) is 10.6. The van der Waals surface area contributed by atoms with Crippen LogP contribution in [0.15, 0.2) is 8.68 Å². The van der Waals surface area contributed by atoms with E-state index >= 15 is 0 Å². The van der Waals surface area contributed by atoms with Crippen molar-refractivity contribution < 1.29 is 0 Å². The van der Waals surface area contributed by atoms with Gasteiger partial charge in [0.1, 0.15) is 0 Å². The van der Waals surface area contributed by atoms with Gasteiger partial charge in [-0.05, 0) is 0 Å². The summed E-state index contributed by atoms with van der Waals surface area (Å²) < 4.78 is 1.97. The lowest BCUT2D eigenvalue weighted by Crippen LogP contribution is -1.78. The molecule has 0 aliphatic heterocycles. The molecule has 0 atom stereocenters. The molecule has 1 rings (SSSR count). The van der Waals surface area contributed by atoms with Gasteiger partial charge in [0.25, 0.3) is 0 Å². The van der Waals surface area contributed by atoms with Crippen molar-refractivity contribution in [1.82, 2.24) is 10.2 Å². The second-order valence-corrected chi connectivity index (χ2v) is 6.33. The van der Waals surface area contributed by atoms with E-state index in [9.17, 15) is 0 Å². The van der Waals surface area contributed by atoms with Crippen molar-refractivity contribution in [3.05, 3.63) is 0 Å². The number of rotatable bonds is 6. The molecule has 0 aliphatic rings. The summed E-state index contributed by atoms with van der Waals surface area (Å²) in [6, 6.07) is 0. The molecule has 0 bridgehead atoms. The molecule has 0 saturated carbocycles. The third-order valence-electron chi connectivity index (χ3n) is 0.993. The van der Waals surface area contributed by atoms with Gasteiger partial charge in [0.2, 0.25) is 0 Å². The van der Waals surface area contributed by atoms with Crippen molar-refractivity contribution in [1.29, 1.82) is 0 Å². The predicted octanol–water partition coefficient (Wildman–Crippen LogP) is 3.20. The van der Waals surface area contributed by atoms with Gasteiger partial charge in [0, 0.05) is 23.3 Å². The average Bonchev–Trinajstić information content (AvgIpc) is 2.59. The molecule has 0 aliphatic carbocycles. The fraction of sp³-hybridized carbons (Fsp3) is 0.667. The Kier molecular flexibility index (Phi) is 6.57. The molecule has 0 N–H and O–H groups in total. The first-order valence-electron chi connectivity index (χ1n) is 3.58. The highest BCUT2D eigenvalue weighted by atomic mass is 35.5. The van der Waals surface area contributed by atoms with Crippen LogP contribution < -0.4 is 0 Å². The second kappa shape index (κ2) is 7.17. The molecule has 0 saturated heterocycles. The van der Waals surface area contributed by atoms with Crippen LogP contribution in [0, 0.1) is 0 Å².